The van der Waals surface area contributed by atoms with Gasteiger partial charge in [-0.15, -0.1) is 0 Å². The molecule has 4 heteroatoms. The molecule has 1 N–H and O–H groups in total. The fourth-order valence-electron chi connectivity index (χ4n) is 3.69. The lowest BCUT2D eigenvalue weighted by atomic mass is 9.75. The highest BCUT2D eigenvalue weighted by molar-refractivity contribution is 6.62. The number of allylic oxidation sites excluding steroid dienone is 2. The van der Waals surface area contributed by atoms with Gasteiger partial charge in [0.05, 0.1) is 6.10 Å². The van der Waals surface area contributed by atoms with E-state index in [9.17, 15) is 5.11 Å². The van der Waals surface area contributed by atoms with E-state index in [1.54, 1.807) is 12.1 Å². The predicted molar refractivity (Wildman–Crippen MR) is 112 cm³/mol. The lowest BCUT2D eigenvalue weighted by Crippen LogP contribution is -2.44. The lowest BCUT2D eigenvalue weighted by Gasteiger charge is -2.33. The molecule has 0 bridgehead atoms. The first kappa shape index (κ1) is 19.6. The molecule has 27 heavy (non-hydrogen) atoms. The average molecular weight is 364 g/mol. The Balaban J connectivity index is 1.84. The average Bonchev–Trinajstić information content (AvgIpc) is 2.61. The van der Waals surface area contributed by atoms with E-state index in [2.05, 4.69) is 26.8 Å². The number of hydrogen-bond acceptors (Lipinski definition) is 3. The zero-order chi connectivity index (χ0) is 19.4. The molecular formula is C23H29BO3. The maximum Gasteiger partial charge on any atom is 0.563 e. The Bertz CT molecular complexity index is 797. The molecule has 1 unspecified atom stereocenters. The molecule has 0 saturated heterocycles. The van der Waals surface area contributed by atoms with Crippen LogP contribution < -0.4 is 10.1 Å². The molecule has 1 aliphatic heterocycles. The Morgan fingerprint density at radius 2 is 1.96 bits per heavy atom. The second-order valence-electron chi connectivity index (χ2n) is 7.86. The highest BCUT2D eigenvalue weighted by Crippen LogP contribution is 2.41. The number of phenolic OH excluding ortho intramolecular Hbond substituents is 1. The molecule has 0 spiro atoms. The number of hydrogen-bond donors (Lipinski definition) is 1. The van der Waals surface area contributed by atoms with Gasteiger partial charge in [-0.05, 0) is 63.0 Å². The van der Waals surface area contributed by atoms with Crippen molar-refractivity contribution in [1.82, 2.24) is 0 Å². The normalized spacial score (nSPS) is 17.0. The van der Waals surface area contributed by atoms with E-state index in [1.807, 2.05) is 37.3 Å². The first-order valence-electron chi connectivity index (χ1n) is 9.78. The highest BCUT2D eigenvalue weighted by atomic mass is 16.6. The summed E-state index contributed by atoms with van der Waals surface area (Å²) in [5.41, 5.74) is 4.43. The fraction of sp³-hybridized carbons (Fsp3) is 0.391. The Morgan fingerprint density at radius 1 is 1.22 bits per heavy atom. The van der Waals surface area contributed by atoms with Crippen molar-refractivity contribution in [2.45, 2.75) is 53.1 Å². The third-order valence-corrected chi connectivity index (χ3v) is 5.08. The van der Waals surface area contributed by atoms with Crippen LogP contribution in [-0.2, 0) is 4.65 Å². The van der Waals surface area contributed by atoms with Gasteiger partial charge in [0.1, 0.15) is 11.5 Å². The fourth-order valence-corrected chi connectivity index (χ4v) is 3.69. The molecule has 2 aromatic rings. The molecule has 3 nitrogen and oxygen atoms in total. The zero-order valence-corrected chi connectivity index (χ0v) is 16.7. The molecule has 0 fully saturated rings. The molecular weight excluding hydrogens is 335 g/mol. The van der Waals surface area contributed by atoms with Gasteiger partial charge >= 0.3 is 7.12 Å². The topological polar surface area (TPSA) is 38.7 Å². The van der Waals surface area contributed by atoms with Crippen molar-refractivity contribution in [2.75, 3.05) is 0 Å². The maximum absolute atomic E-state index is 10.0. The van der Waals surface area contributed by atoms with E-state index in [4.69, 9.17) is 9.31 Å². The first-order valence-corrected chi connectivity index (χ1v) is 9.78. The number of aromatic hydroxyl groups is 1. The van der Waals surface area contributed by atoms with Crippen LogP contribution in [0, 0.1) is 12.8 Å². The largest absolute Gasteiger partial charge is 0.563 e. The van der Waals surface area contributed by atoms with Crippen LogP contribution in [0.2, 0.25) is 0 Å². The number of fused-ring (bicyclic) bond motifs is 1. The summed E-state index contributed by atoms with van der Waals surface area (Å²) in [4.78, 5) is 0. The molecule has 3 rings (SSSR count). The van der Waals surface area contributed by atoms with Crippen LogP contribution in [0.4, 0.5) is 0 Å². The van der Waals surface area contributed by atoms with Crippen molar-refractivity contribution in [1.29, 1.82) is 0 Å². The van der Waals surface area contributed by atoms with Crippen LogP contribution in [0.15, 0.2) is 54.1 Å². The van der Waals surface area contributed by atoms with Crippen LogP contribution >= 0.6 is 0 Å². The summed E-state index contributed by atoms with van der Waals surface area (Å²) in [6.45, 7) is 8.57. The van der Waals surface area contributed by atoms with Gasteiger partial charge in [-0.1, -0.05) is 48.9 Å². The minimum absolute atomic E-state index is 0.0405. The van der Waals surface area contributed by atoms with Gasteiger partial charge in [-0.25, -0.2) is 0 Å². The lowest BCUT2D eigenvalue weighted by molar-refractivity contribution is 0.130. The summed E-state index contributed by atoms with van der Waals surface area (Å²) >= 11 is 0. The summed E-state index contributed by atoms with van der Waals surface area (Å²) in [6.07, 6.45) is 5.42. The van der Waals surface area contributed by atoms with E-state index < -0.39 is 7.12 Å². The monoisotopic (exact) mass is 364 g/mol. The highest BCUT2D eigenvalue weighted by Gasteiger charge is 2.36. The molecule has 2 aromatic carbocycles. The number of rotatable bonds is 6. The summed E-state index contributed by atoms with van der Waals surface area (Å²) in [6, 6.07) is 13.5. The SMILES string of the molecule is CC(C)=CCC[C@@H](C)CC1OB(c2ccccc2)Oc2cc(O)cc(C)c21. The van der Waals surface area contributed by atoms with Crippen molar-refractivity contribution in [3.8, 4) is 11.5 Å². The van der Waals surface area contributed by atoms with E-state index in [-0.39, 0.29) is 11.9 Å². The summed E-state index contributed by atoms with van der Waals surface area (Å²) in [7, 11) is -0.449. The van der Waals surface area contributed by atoms with E-state index >= 15 is 0 Å². The maximum atomic E-state index is 10.0. The third kappa shape index (κ3) is 4.95. The molecule has 0 amide bonds. The summed E-state index contributed by atoms with van der Waals surface area (Å²) in [5, 5.41) is 10.0. The second-order valence-corrected chi connectivity index (χ2v) is 7.86. The van der Waals surface area contributed by atoms with Gasteiger partial charge in [0, 0.05) is 11.6 Å². The van der Waals surface area contributed by atoms with Gasteiger partial charge in [0.15, 0.2) is 0 Å². The molecule has 142 valence electrons. The molecule has 0 aliphatic carbocycles. The third-order valence-electron chi connectivity index (χ3n) is 5.08. The van der Waals surface area contributed by atoms with Crippen molar-refractivity contribution in [2.24, 2.45) is 5.92 Å². The van der Waals surface area contributed by atoms with Gasteiger partial charge in [0.2, 0.25) is 0 Å². The number of phenols is 1. The molecule has 0 aromatic heterocycles. The van der Waals surface area contributed by atoms with Crippen LogP contribution in [-0.4, -0.2) is 12.2 Å². The smallest absolute Gasteiger partial charge is 0.532 e. The second kappa shape index (κ2) is 8.66. The Morgan fingerprint density at radius 3 is 2.67 bits per heavy atom. The zero-order valence-electron chi connectivity index (χ0n) is 16.7. The summed E-state index contributed by atoms with van der Waals surface area (Å²) in [5.74, 6) is 1.49. The summed E-state index contributed by atoms with van der Waals surface area (Å²) < 4.78 is 12.5. The first-order chi connectivity index (χ1) is 12.9. The van der Waals surface area contributed by atoms with E-state index in [1.165, 1.54) is 5.57 Å². The van der Waals surface area contributed by atoms with Crippen LogP contribution in [0.1, 0.15) is 57.3 Å². The van der Waals surface area contributed by atoms with Crippen molar-refractivity contribution in [3.05, 3.63) is 65.2 Å². The van der Waals surface area contributed by atoms with Gasteiger partial charge in [0.25, 0.3) is 0 Å². The van der Waals surface area contributed by atoms with Crippen LogP contribution in [0.25, 0.3) is 0 Å². The van der Waals surface area contributed by atoms with Crippen molar-refractivity contribution < 1.29 is 14.4 Å². The van der Waals surface area contributed by atoms with Crippen molar-refractivity contribution >= 4 is 12.6 Å². The van der Waals surface area contributed by atoms with E-state index in [0.29, 0.717) is 5.92 Å². The Hall–Kier alpha value is -2.20. The molecule has 2 atom stereocenters. The molecule has 0 radical (unpaired) electrons. The van der Waals surface area contributed by atoms with Gasteiger partial charge in [-0.3, -0.25) is 0 Å². The van der Waals surface area contributed by atoms with Crippen LogP contribution in [0.3, 0.4) is 0 Å². The molecule has 1 heterocycles. The minimum atomic E-state index is -0.449. The quantitative estimate of drug-likeness (QED) is 0.557. The van der Waals surface area contributed by atoms with E-state index in [0.717, 1.165) is 41.6 Å². The molecule has 1 aliphatic rings. The Kier molecular flexibility index (Phi) is 6.28. The standard InChI is InChI=1S/C23H29BO3/c1-16(2)9-8-10-17(3)13-21-23-18(4)14-20(25)15-22(23)27-24(26-21)19-11-6-5-7-12-19/h5-7,9,11-12,14-15,17,21,25H,8,10,13H2,1-4H3/t17-,21?/m1/s1. The number of aryl methyl sites for hydroxylation is 1. The minimum Gasteiger partial charge on any atom is -0.532 e. The number of benzene rings is 2. The van der Waals surface area contributed by atoms with Gasteiger partial charge < -0.3 is 14.4 Å². The Labute approximate surface area is 163 Å². The van der Waals surface area contributed by atoms with Crippen molar-refractivity contribution in [3.63, 3.8) is 0 Å². The van der Waals surface area contributed by atoms with Crippen LogP contribution in [0.5, 0.6) is 11.5 Å². The molecule has 0 saturated carbocycles. The van der Waals surface area contributed by atoms with Gasteiger partial charge in [-0.2, -0.15) is 0 Å². The predicted octanol–water partition coefficient (Wildman–Crippen LogP) is 5.32.